The molecule has 10 nitrogen and oxygen atoms in total. The quantitative estimate of drug-likeness (QED) is 0.308. The first-order valence-electron chi connectivity index (χ1n) is 12.2. The monoisotopic (exact) mass is 536 g/mol. The van der Waals surface area contributed by atoms with E-state index in [9.17, 15) is 37.5 Å². The molecule has 0 aromatic heterocycles. The molecule has 0 aromatic rings. The van der Waals surface area contributed by atoms with E-state index in [2.05, 4.69) is 15.0 Å². The molecule has 0 bridgehead atoms. The summed E-state index contributed by atoms with van der Waals surface area (Å²) in [6.07, 6.45) is -4.12. The summed E-state index contributed by atoms with van der Waals surface area (Å²) in [6, 6.07) is -2.56. The third-order valence-corrected chi connectivity index (χ3v) is 6.10. The number of likely N-dealkylation sites (tertiary alicyclic amines) is 1. The third-order valence-electron chi connectivity index (χ3n) is 6.10. The van der Waals surface area contributed by atoms with Crippen molar-refractivity contribution in [3.8, 4) is 0 Å². The van der Waals surface area contributed by atoms with Crippen LogP contribution < -0.4 is 5.32 Å². The van der Waals surface area contributed by atoms with Crippen LogP contribution in [-0.4, -0.2) is 95.5 Å². The van der Waals surface area contributed by atoms with Crippen molar-refractivity contribution in [1.82, 2.24) is 15.1 Å². The van der Waals surface area contributed by atoms with Gasteiger partial charge in [0.25, 0.3) is 11.8 Å². The molecule has 0 saturated carbocycles. The van der Waals surface area contributed by atoms with Gasteiger partial charge in [0.05, 0.1) is 13.5 Å². The summed E-state index contributed by atoms with van der Waals surface area (Å²) in [5.74, 6) is -5.80. The molecule has 212 valence electrons. The predicted octanol–water partition coefficient (Wildman–Crippen LogP) is 2.46. The maximum Gasteiger partial charge on any atom is 0.468 e. The number of carboxylic acid groups (broad SMARTS) is 1. The summed E-state index contributed by atoms with van der Waals surface area (Å²) < 4.78 is 44.6. The number of alkyl halides is 3. The number of carboxylic acids is 1. The number of carbonyl (C=O) groups is 4. The van der Waals surface area contributed by atoms with Gasteiger partial charge in [-0.3, -0.25) is 19.2 Å². The Morgan fingerprint density at radius 2 is 1.65 bits per heavy atom. The van der Waals surface area contributed by atoms with Crippen molar-refractivity contribution in [3.63, 3.8) is 0 Å². The van der Waals surface area contributed by atoms with Gasteiger partial charge < -0.3 is 25.0 Å². The molecule has 37 heavy (non-hydrogen) atoms. The number of amides is 3. The zero-order chi connectivity index (χ0) is 28.7. The first-order valence-corrected chi connectivity index (χ1v) is 12.2. The standard InChI is InChI=1S/C24H39F3N4O6/c1-14(2)13-23(5,29-21(37-7)24(25,26)27)22(36)30(6)18(15(3)4)19(34)28-16(12-17(32)33)20(35)31-10-8-9-11-31/h14-16,18H,8-13H2,1-7H3,(H,28,34)(H,32,33)/t16-,18?,23-/m0/s1. The summed E-state index contributed by atoms with van der Waals surface area (Å²) in [5.41, 5.74) is -1.91. The molecule has 1 rings (SSSR count). The van der Waals surface area contributed by atoms with E-state index in [0.29, 0.717) is 13.1 Å². The molecular weight excluding hydrogens is 497 g/mol. The Hall–Kier alpha value is -2.86. The Balaban J connectivity index is 3.34. The molecule has 2 N–H and O–H groups in total. The highest BCUT2D eigenvalue weighted by Crippen LogP contribution is 2.29. The fourth-order valence-corrected chi connectivity index (χ4v) is 4.65. The van der Waals surface area contributed by atoms with Crippen LogP contribution in [0.4, 0.5) is 13.2 Å². The molecule has 3 amide bonds. The summed E-state index contributed by atoms with van der Waals surface area (Å²) >= 11 is 0. The molecule has 1 fully saturated rings. The summed E-state index contributed by atoms with van der Waals surface area (Å²) in [7, 11) is 2.08. The van der Waals surface area contributed by atoms with E-state index in [1.807, 2.05) is 0 Å². The van der Waals surface area contributed by atoms with Gasteiger partial charge in [-0.1, -0.05) is 27.7 Å². The minimum Gasteiger partial charge on any atom is -0.481 e. The number of nitrogens with zero attached hydrogens (tertiary/aromatic N) is 3. The summed E-state index contributed by atoms with van der Waals surface area (Å²) in [4.78, 5) is 57.3. The Morgan fingerprint density at radius 3 is 2.05 bits per heavy atom. The molecule has 0 spiro atoms. The van der Waals surface area contributed by atoms with E-state index in [0.717, 1.165) is 24.9 Å². The molecule has 13 heteroatoms. The van der Waals surface area contributed by atoms with Crippen molar-refractivity contribution in [3.05, 3.63) is 0 Å². The molecule has 1 saturated heterocycles. The average Bonchev–Trinajstić information content (AvgIpc) is 3.29. The van der Waals surface area contributed by atoms with Gasteiger partial charge in [-0.15, -0.1) is 0 Å². The van der Waals surface area contributed by atoms with E-state index >= 15 is 0 Å². The van der Waals surface area contributed by atoms with E-state index in [-0.39, 0.29) is 12.3 Å². The maximum atomic E-state index is 13.6. The first kappa shape index (κ1) is 32.2. The van der Waals surface area contributed by atoms with Crippen LogP contribution in [0.2, 0.25) is 0 Å². The number of methoxy groups -OCH3 is 1. The van der Waals surface area contributed by atoms with Crippen molar-refractivity contribution in [2.75, 3.05) is 27.2 Å². The number of ether oxygens (including phenoxy) is 1. The largest absolute Gasteiger partial charge is 0.481 e. The number of aliphatic carboxylic acids is 1. The van der Waals surface area contributed by atoms with Crippen LogP contribution in [-0.2, 0) is 23.9 Å². The Labute approximate surface area is 215 Å². The van der Waals surface area contributed by atoms with Gasteiger partial charge in [0.1, 0.15) is 17.6 Å². The van der Waals surface area contributed by atoms with Gasteiger partial charge in [0.15, 0.2) is 0 Å². The maximum absolute atomic E-state index is 13.6. The molecule has 0 aliphatic carbocycles. The molecule has 1 heterocycles. The zero-order valence-electron chi connectivity index (χ0n) is 22.5. The fourth-order valence-electron chi connectivity index (χ4n) is 4.65. The summed E-state index contributed by atoms with van der Waals surface area (Å²) in [6.45, 7) is 8.83. The highest BCUT2D eigenvalue weighted by atomic mass is 19.4. The highest BCUT2D eigenvalue weighted by molar-refractivity contribution is 5.96. The van der Waals surface area contributed by atoms with E-state index < -0.39 is 65.7 Å². The second-order valence-corrected chi connectivity index (χ2v) is 10.3. The Kier molecular flexibility index (Phi) is 11.4. The second kappa shape index (κ2) is 13.1. The number of hydrogen-bond acceptors (Lipinski definition) is 6. The van der Waals surface area contributed by atoms with Gasteiger partial charge in [-0.05, 0) is 38.0 Å². The second-order valence-electron chi connectivity index (χ2n) is 10.3. The van der Waals surface area contributed by atoms with E-state index in [1.54, 1.807) is 27.7 Å². The van der Waals surface area contributed by atoms with Crippen molar-refractivity contribution in [1.29, 1.82) is 0 Å². The molecule has 3 atom stereocenters. The van der Waals surface area contributed by atoms with Crippen molar-refractivity contribution < 1.29 is 42.2 Å². The number of carbonyl (C=O) groups excluding carboxylic acids is 3. The topological polar surface area (TPSA) is 129 Å². The lowest BCUT2D eigenvalue weighted by atomic mass is 9.88. The smallest absolute Gasteiger partial charge is 0.468 e. The third kappa shape index (κ3) is 8.89. The molecule has 1 unspecified atom stereocenters. The van der Waals surface area contributed by atoms with E-state index in [4.69, 9.17) is 0 Å². The van der Waals surface area contributed by atoms with Gasteiger partial charge in [0, 0.05) is 20.1 Å². The molecule has 1 aliphatic heterocycles. The Morgan fingerprint density at radius 1 is 1.11 bits per heavy atom. The number of halogens is 3. The van der Waals surface area contributed by atoms with Crippen molar-refractivity contribution in [2.45, 2.75) is 84.1 Å². The zero-order valence-corrected chi connectivity index (χ0v) is 22.5. The molecule has 0 aromatic carbocycles. The molecule has 0 radical (unpaired) electrons. The van der Waals surface area contributed by atoms with Crippen LogP contribution >= 0.6 is 0 Å². The van der Waals surface area contributed by atoms with Crippen LogP contribution in [0.1, 0.15) is 60.3 Å². The number of rotatable bonds is 11. The minimum atomic E-state index is -4.93. The predicted molar refractivity (Wildman–Crippen MR) is 130 cm³/mol. The van der Waals surface area contributed by atoms with Gasteiger partial charge in [-0.25, -0.2) is 4.99 Å². The highest BCUT2D eigenvalue weighted by Gasteiger charge is 2.46. The SMILES string of the molecule is COC(=N[C@@](C)(CC(C)C)C(=O)N(C)C(C(=O)N[C@@H](CC(=O)O)C(=O)N1CCCC1)C(C)C)C(F)(F)F. The molecule has 1 aliphatic rings. The number of likely N-dealkylation sites (N-methyl/N-ethyl adjacent to an activating group) is 1. The number of hydrogen-bond donors (Lipinski definition) is 2. The van der Waals surface area contributed by atoms with Gasteiger partial charge >= 0.3 is 12.1 Å². The van der Waals surface area contributed by atoms with Crippen molar-refractivity contribution >= 4 is 29.6 Å². The van der Waals surface area contributed by atoms with Crippen LogP contribution in [0.15, 0.2) is 4.99 Å². The normalized spacial score (nSPS) is 17.8. The lowest BCUT2D eigenvalue weighted by Crippen LogP contribution is -2.59. The van der Waals surface area contributed by atoms with Crippen LogP contribution in [0, 0.1) is 11.8 Å². The van der Waals surface area contributed by atoms with Crippen LogP contribution in [0.25, 0.3) is 0 Å². The van der Waals surface area contributed by atoms with E-state index in [1.165, 1.54) is 18.9 Å². The minimum absolute atomic E-state index is 0.0688. The van der Waals surface area contributed by atoms with Crippen LogP contribution in [0.5, 0.6) is 0 Å². The first-order chi connectivity index (χ1) is 16.9. The number of aliphatic imine (C=N–C) groups is 1. The summed E-state index contributed by atoms with van der Waals surface area (Å²) in [5, 5.41) is 11.8. The lowest BCUT2D eigenvalue weighted by molar-refractivity contribution is -0.147. The Bertz CT molecular complexity index is 871. The van der Waals surface area contributed by atoms with Crippen molar-refractivity contribution in [2.24, 2.45) is 16.8 Å². The van der Waals surface area contributed by atoms with Gasteiger partial charge in [-0.2, -0.15) is 13.2 Å². The lowest BCUT2D eigenvalue weighted by Gasteiger charge is -2.37. The number of nitrogens with one attached hydrogen (secondary N) is 1. The van der Waals surface area contributed by atoms with Crippen LogP contribution in [0.3, 0.4) is 0 Å². The molecular formula is C24H39F3N4O6. The average molecular weight is 537 g/mol. The fraction of sp³-hybridized carbons (Fsp3) is 0.792. The van der Waals surface area contributed by atoms with Gasteiger partial charge in [0.2, 0.25) is 11.8 Å².